The van der Waals surface area contributed by atoms with E-state index in [0.717, 1.165) is 22.5 Å². The molecule has 0 saturated carbocycles. The fourth-order valence-corrected chi connectivity index (χ4v) is 2.16. The second kappa shape index (κ2) is 4.78. The van der Waals surface area contributed by atoms with E-state index in [-0.39, 0.29) is 5.69 Å². The van der Waals surface area contributed by atoms with E-state index in [0.29, 0.717) is 5.02 Å². The summed E-state index contributed by atoms with van der Waals surface area (Å²) in [6.45, 7) is 0. The Morgan fingerprint density at radius 2 is 1.26 bits per heavy atom. The van der Waals surface area contributed by atoms with E-state index in [1.807, 2.05) is 42.5 Å². The zero-order valence-electron chi connectivity index (χ0n) is 9.98. The van der Waals surface area contributed by atoms with Crippen LogP contribution in [0.5, 0.6) is 0 Å². The highest BCUT2D eigenvalue weighted by Crippen LogP contribution is 2.28. The van der Waals surface area contributed by atoms with Gasteiger partial charge in [-0.3, -0.25) is 0 Å². The SMILES string of the molecule is O=c1[nH]c(-c2ccccc2)c(-c2ccc(Cl)cc2)[nH]1. The Balaban J connectivity index is 2.17. The minimum Gasteiger partial charge on any atom is -0.305 e. The predicted octanol–water partition coefficient (Wildman–Crippen LogP) is 3.69. The van der Waals surface area contributed by atoms with E-state index >= 15 is 0 Å². The van der Waals surface area contributed by atoms with Crippen LogP contribution in [-0.4, -0.2) is 9.97 Å². The number of imidazole rings is 1. The second-order valence-corrected chi connectivity index (χ2v) is 4.64. The molecule has 0 aliphatic heterocycles. The maximum atomic E-state index is 11.6. The standard InChI is InChI=1S/C15H11ClN2O/c16-12-8-6-11(7-9-12)14-13(17-15(19)18-14)10-4-2-1-3-5-10/h1-9H,(H2,17,18,19). The van der Waals surface area contributed by atoms with Crippen LogP contribution in [0.2, 0.25) is 5.02 Å². The van der Waals surface area contributed by atoms with E-state index < -0.39 is 0 Å². The first-order valence-corrected chi connectivity index (χ1v) is 6.25. The maximum Gasteiger partial charge on any atom is 0.323 e. The number of benzene rings is 2. The van der Waals surface area contributed by atoms with Crippen LogP contribution < -0.4 is 5.69 Å². The Kier molecular flexibility index (Phi) is 2.97. The molecular formula is C15H11ClN2O. The molecule has 0 fully saturated rings. The van der Waals surface area contributed by atoms with E-state index in [9.17, 15) is 4.79 Å². The molecule has 0 saturated heterocycles. The van der Waals surface area contributed by atoms with Gasteiger partial charge in [0.25, 0.3) is 0 Å². The van der Waals surface area contributed by atoms with E-state index in [1.165, 1.54) is 0 Å². The first kappa shape index (κ1) is 11.8. The largest absolute Gasteiger partial charge is 0.323 e. The number of rotatable bonds is 2. The van der Waals surface area contributed by atoms with Gasteiger partial charge in [0.05, 0.1) is 11.4 Å². The molecule has 3 nitrogen and oxygen atoms in total. The summed E-state index contributed by atoms with van der Waals surface area (Å²) in [6.07, 6.45) is 0. The van der Waals surface area contributed by atoms with Crippen molar-refractivity contribution in [3.05, 3.63) is 70.1 Å². The van der Waals surface area contributed by atoms with Crippen molar-refractivity contribution in [2.24, 2.45) is 0 Å². The number of halogens is 1. The minimum atomic E-state index is -0.219. The fourth-order valence-electron chi connectivity index (χ4n) is 2.04. The number of aromatic amines is 2. The predicted molar refractivity (Wildman–Crippen MR) is 77.3 cm³/mol. The molecule has 0 aliphatic carbocycles. The number of aromatic nitrogens is 2. The molecule has 0 bridgehead atoms. The molecule has 19 heavy (non-hydrogen) atoms. The van der Waals surface area contributed by atoms with E-state index in [4.69, 9.17) is 11.6 Å². The van der Waals surface area contributed by atoms with Crippen LogP contribution in [0.15, 0.2) is 59.4 Å². The summed E-state index contributed by atoms with van der Waals surface area (Å²) >= 11 is 5.88. The first-order chi connectivity index (χ1) is 9.24. The van der Waals surface area contributed by atoms with Gasteiger partial charge >= 0.3 is 5.69 Å². The van der Waals surface area contributed by atoms with Crippen molar-refractivity contribution in [3.63, 3.8) is 0 Å². The van der Waals surface area contributed by atoms with Crippen molar-refractivity contribution in [1.29, 1.82) is 0 Å². The van der Waals surface area contributed by atoms with Crippen LogP contribution >= 0.6 is 11.6 Å². The molecule has 0 unspecified atom stereocenters. The second-order valence-electron chi connectivity index (χ2n) is 4.20. The van der Waals surface area contributed by atoms with Crippen LogP contribution in [0.4, 0.5) is 0 Å². The van der Waals surface area contributed by atoms with Gasteiger partial charge < -0.3 is 9.97 Å². The molecule has 3 rings (SSSR count). The molecule has 0 radical (unpaired) electrons. The zero-order chi connectivity index (χ0) is 13.2. The third-order valence-electron chi connectivity index (χ3n) is 2.92. The quantitative estimate of drug-likeness (QED) is 0.733. The summed E-state index contributed by atoms with van der Waals surface area (Å²) in [5, 5.41) is 0.669. The lowest BCUT2D eigenvalue weighted by molar-refractivity contribution is 1.19. The van der Waals surface area contributed by atoms with Gasteiger partial charge in [0.2, 0.25) is 0 Å². The van der Waals surface area contributed by atoms with Crippen LogP contribution in [0.25, 0.3) is 22.5 Å². The van der Waals surface area contributed by atoms with Crippen LogP contribution in [0.1, 0.15) is 0 Å². The molecule has 0 spiro atoms. The third kappa shape index (κ3) is 2.33. The summed E-state index contributed by atoms with van der Waals surface area (Å²) in [4.78, 5) is 17.2. The molecule has 0 aliphatic rings. The number of nitrogens with one attached hydrogen (secondary N) is 2. The molecule has 3 aromatic rings. The average molecular weight is 271 g/mol. The van der Waals surface area contributed by atoms with Crippen molar-refractivity contribution in [2.45, 2.75) is 0 Å². The molecular weight excluding hydrogens is 260 g/mol. The first-order valence-electron chi connectivity index (χ1n) is 5.88. The summed E-state index contributed by atoms with van der Waals surface area (Å²) in [5.41, 5.74) is 3.22. The van der Waals surface area contributed by atoms with Crippen LogP contribution in [0, 0.1) is 0 Å². The molecule has 2 aromatic carbocycles. The smallest absolute Gasteiger partial charge is 0.305 e. The van der Waals surface area contributed by atoms with Gasteiger partial charge in [0.15, 0.2) is 0 Å². The van der Waals surface area contributed by atoms with Gasteiger partial charge in [-0.25, -0.2) is 4.79 Å². The Bertz CT molecular complexity index is 742. The summed E-state index contributed by atoms with van der Waals surface area (Å²) < 4.78 is 0. The summed E-state index contributed by atoms with van der Waals surface area (Å²) in [6, 6.07) is 17.1. The normalized spacial score (nSPS) is 10.6. The maximum absolute atomic E-state index is 11.6. The Morgan fingerprint density at radius 3 is 1.84 bits per heavy atom. The minimum absolute atomic E-state index is 0.219. The van der Waals surface area contributed by atoms with Crippen LogP contribution in [-0.2, 0) is 0 Å². The molecule has 4 heteroatoms. The molecule has 0 amide bonds. The zero-order valence-corrected chi connectivity index (χ0v) is 10.7. The topological polar surface area (TPSA) is 48.6 Å². The number of H-pyrrole nitrogens is 2. The molecule has 2 N–H and O–H groups in total. The molecule has 1 aromatic heterocycles. The molecule has 94 valence electrons. The van der Waals surface area contributed by atoms with Crippen molar-refractivity contribution < 1.29 is 0 Å². The van der Waals surface area contributed by atoms with Gasteiger partial charge in [-0.15, -0.1) is 0 Å². The Morgan fingerprint density at radius 1 is 0.737 bits per heavy atom. The highest BCUT2D eigenvalue weighted by molar-refractivity contribution is 6.30. The van der Waals surface area contributed by atoms with Gasteiger partial charge in [0, 0.05) is 16.1 Å². The van der Waals surface area contributed by atoms with Crippen molar-refractivity contribution in [3.8, 4) is 22.5 Å². The fraction of sp³-hybridized carbons (Fsp3) is 0. The lowest BCUT2D eigenvalue weighted by Gasteiger charge is -2.03. The van der Waals surface area contributed by atoms with Crippen LogP contribution in [0.3, 0.4) is 0 Å². The highest BCUT2D eigenvalue weighted by atomic mass is 35.5. The van der Waals surface area contributed by atoms with E-state index in [1.54, 1.807) is 12.1 Å². The van der Waals surface area contributed by atoms with Gasteiger partial charge in [-0.1, -0.05) is 54.1 Å². The highest BCUT2D eigenvalue weighted by Gasteiger charge is 2.10. The van der Waals surface area contributed by atoms with Gasteiger partial charge in [-0.05, 0) is 12.1 Å². The average Bonchev–Trinajstić information content (AvgIpc) is 2.83. The van der Waals surface area contributed by atoms with Crippen molar-refractivity contribution in [2.75, 3.05) is 0 Å². The van der Waals surface area contributed by atoms with Gasteiger partial charge in [0.1, 0.15) is 0 Å². The summed E-state index contributed by atoms with van der Waals surface area (Å²) in [5.74, 6) is 0. The Hall–Kier alpha value is -2.26. The number of hydrogen-bond acceptors (Lipinski definition) is 1. The van der Waals surface area contributed by atoms with Gasteiger partial charge in [-0.2, -0.15) is 0 Å². The van der Waals surface area contributed by atoms with E-state index in [2.05, 4.69) is 9.97 Å². The van der Waals surface area contributed by atoms with Crippen molar-refractivity contribution >= 4 is 11.6 Å². The molecule has 0 atom stereocenters. The lowest BCUT2D eigenvalue weighted by atomic mass is 10.1. The third-order valence-corrected chi connectivity index (χ3v) is 3.17. The lowest BCUT2D eigenvalue weighted by Crippen LogP contribution is -2.00. The van der Waals surface area contributed by atoms with Crippen molar-refractivity contribution in [1.82, 2.24) is 9.97 Å². The number of hydrogen-bond donors (Lipinski definition) is 2. The summed E-state index contributed by atoms with van der Waals surface area (Å²) in [7, 11) is 0. The Labute approximate surface area is 114 Å². The molecule has 1 heterocycles. The monoisotopic (exact) mass is 270 g/mol.